The van der Waals surface area contributed by atoms with Gasteiger partial charge >= 0.3 is 12.2 Å². The highest BCUT2D eigenvalue weighted by molar-refractivity contribution is 6.06. The number of carbonyl (C=O) groups excluding carboxylic acids is 2. The van der Waals surface area contributed by atoms with Crippen molar-refractivity contribution in [3.05, 3.63) is 35.5 Å². The fraction of sp³-hybridized carbons (Fsp3) is 0.267. The van der Waals surface area contributed by atoms with E-state index in [4.69, 9.17) is 20.6 Å². The molecule has 122 valence electrons. The van der Waals surface area contributed by atoms with Gasteiger partial charge in [0.05, 0.1) is 13.2 Å². The maximum Gasteiger partial charge on any atom is 0.412 e. The summed E-state index contributed by atoms with van der Waals surface area (Å²) in [5.74, 6) is -0.0501. The zero-order valence-electron chi connectivity index (χ0n) is 12.6. The van der Waals surface area contributed by atoms with Gasteiger partial charge in [-0.3, -0.25) is 10.7 Å². The Hall–Kier alpha value is -3.03. The molecule has 0 fully saturated rings. The third-order valence-electron chi connectivity index (χ3n) is 3.17. The monoisotopic (exact) mass is 318 g/mol. The predicted molar refractivity (Wildman–Crippen MR) is 84.5 cm³/mol. The van der Waals surface area contributed by atoms with Gasteiger partial charge in [-0.25, -0.2) is 9.59 Å². The van der Waals surface area contributed by atoms with Crippen LogP contribution in [0.5, 0.6) is 0 Å². The van der Waals surface area contributed by atoms with Crippen molar-refractivity contribution in [2.45, 2.75) is 13.3 Å². The zero-order chi connectivity index (χ0) is 16.8. The topological polar surface area (TPSA) is 130 Å². The van der Waals surface area contributed by atoms with Crippen LogP contribution in [0.4, 0.5) is 9.59 Å². The van der Waals surface area contributed by atoms with Gasteiger partial charge in [0.2, 0.25) is 0 Å². The van der Waals surface area contributed by atoms with Crippen molar-refractivity contribution < 1.29 is 19.1 Å². The lowest BCUT2D eigenvalue weighted by Gasteiger charge is -2.07. The molecule has 0 saturated heterocycles. The lowest BCUT2D eigenvalue weighted by atomic mass is 10.1. The van der Waals surface area contributed by atoms with E-state index in [0.717, 1.165) is 16.5 Å². The molecule has 0 aliphatic carbocycles. The first-order chi connectivity index (χ1) is 11.0. The molecule has 1 aromatic carbocycles. The quantitative estimate of drug-likeness (QED) is 0.495. The van der Waals surface area contributed by atoms with Crippen molar-refractivity contribution in [2.75, 3.05) is 13.2 Å². The first kappa shape index (κ1) is 16.3. The number of aromatic amines is 1. The Balaban J connectivity index is 2.15. The normalized spacial score (nSPS) is 10.3. The Morgan fingerprint density at radius 2 is 2.13 bits per heavy atom. The van der Waals surface area contributed by atoms with Gasteiger partial charge in [0, 0.05) is 29.1 Å². The number of hydrogen-bond acceptors (Lipinski definition) is 5. The van der Waals surface area contributed by atoms with E-state index >= 15 is 0 Å². The highest BCUT2D eigenvalue weighted by Crippen LogP contribution is 2.20. The molecule has 0 unspecified atom stereocenters. The van der Waals surface area contributed by atoms with E-state index in [9.17, 15) is 9.59 Å². The molecule has 0 bridgehead atoms. The number of aromatic nitrogens is 1. The van der Waals surface area contributed by atoms with Crippen LogP contribution in [0.1, 0.15) is 18.1 Å². The van der Waals surface area contributed by atoms with Crippen LogP contribution in [0.25, 0.3) is 10.9 Å². The molecular weight excluding hydrogens is 300 g/mol. The Morgan fingerprint density at radius 3 is 2.83 bits per heavy atom. The Bertz CT molecular complexity index is 738. The summed E-state index contributed by atoms with van der Waals surface area (Å²) < 4.78 is 9.48. The average Bonchev–Trinajstić information content (AvgIpc) is 2.89. The average molecular weight is 318 g/mol. The SMILES string of the molecule is CCOC(=O)NC(=N)c1ccc2[nH]cc(CCOC(N)=O)c2c1. The van der Waals surface area contributed by atoms with Crippen LogP contribution < -0.4 is 11.1 Å². The molecule has 2 amide bonds. The molecule has 1 aromatic heterocycles. The van der Waals surface area contributed by atoms with Crippen LogP contribution in [0.15, 0.2) is 24.4 Å². The minimum Gasteiger partial charge on any atom is -0.450 e. The lowest BCUT2D eigenvalue weighted by molar-refractivity contribution is 0.157. The largest absolute Gasteiger partial charge is 0.450 e. The predicted octanol–water partition coefficient (Wildman–Crippen LogP) is 1.88. The number of primary amides is 1. The van der Waals surface area contributed by atoms with Crippen LogP contribution >= 0.6 is 0 Å². The van der Waals surface area contributed by atoms with Crippen LogP contribution in [-0.2, 0) is 15.9 Å². The molecule has 8 heteroatoms. The van der Waals surface area contributed by atoms with E-state index < -0.39 is 12.2 Å². The number of ether oxygens (including phenoxy) is 2. The molecule has 0 aliphatic rings. The lowest BCUT2D eigenvalue weighted by Crippen LogP contribution is -2.31. The van der Waals surface area contributed by atoms with Gasteiger partial charge in [0.15, 0.2) is 0 Å². The van der Waals surface area contributed by atoms with Crippen molar-refractivity contribution in [3.8, 4) is 0 Å². The second kappa shape index (κ2) is 7.30. The molecule has 0 radical (unpaired) electrons. The fourth-order valence-corrected chi connectivity index (χ4v) is 2.14. The van der Waals surface area contributed by atoms with Gasteiger partial charge in [0.1, 0.15) is 5.84 Å². The first-order valence-corrected chi connectivity index (χ1v) is 7.06. The van der Waals surface area contributed by atoms with Gasteiger partial charge in [0.25, 0.3) is 0 Å². The smallest absolute Gasteiger partial charge is 0.412 e. The number of nitrogens with one attached hydrogen (secondary N) is 3. The minimum absolute atomic E-state index is 0.0501. The number of fused-ring (bicyclic) bond motifs is 1. The van der Waals surface area contributed by atoms with Crippen molar-refractivity contribution in [2.24, 2.45) is 5.73 Å². The van der Waals surface area contributed by atoms with Crippen LogP contribution in [0, 0.1) is 5.41 Å². The van der Waals surface area contributed by atoms with Gasteiger partial charge in [-0.1, -0.05) is 0 Å². The standard InChI is InChI=1S/C15H18N4O4/c1-2-22-15(21)19-13(16)9-3-4-12-11(7-9)10(8-18-12)5-6-23-14(17)20/h3-4,7-8,18H,2,5-6H2,1H3,(H2,17,20)(H2,16,19,21). The van der Waals surface area contributed by atoms with Crippen LogP contribution in [-0.4, -0.2) is 36.2 Å². The summed E-state index contributed by atoms with van der Waals surface area (Å²) in [6.07, 6.45) is 0.819. The third-order valence-corrected chi connectivity index (χ3v) is 3.17. The summed E-state index contributed by atoms with van der Waals surface area (Å²) >= 11 is 0. The molecule has 0 saturated carbocycles. The second-order valence-corrected chi connectivity index (χ2v) is 4.71. The molecule has 8 nitrogen and oxygen atoms in total. The molecule has 1 heterocycles. The molecular formula is C15H18N4O4. The van der Waals surface area contributed by atoms with Crippen molar-refractivity contribution in [1.82, 2.24) is 10.3 Å². The van der Waals surface area contributed by atoms with Gasteiger partial charge in [-0.05, 0) is 30.7 Å². The third kappa shape index (κ3) is 4.22. The second-order valence-electron chi connectivity index (χ2n) is 4.71. The fourth-order valence-electron chi connectivity index (χ4n) is 2.14. The zero-order valence-corrected chi connectivity index (χ0v) is 12.6. The number of alkyl carbamates (subject to hydrolysis) is 1. The van der Waals surface area contributed by atoms with Crippen molar-refractivity contribution >= 4 is 28.9 Å². The minimum atomic E-state index is -0.814. The molecule has 0 spiro atoms. The molecule has 23 heavy (non-hydrogen) atoms. The summed E-state index contributed by atoms with van der Waals surface area (Å²) in [4.78, 5) is 25.1. The molecule has 5 N–H and O–H groups in total. The van der Waals surface area contributed by atoms with E-state index in [2.05, 4.69) is 10.3 Å². The molecule has 0 aliphatic heterocycles. The van der Waals surface area contributed by atoms with E-state index in [-0.39, 0.29) is 19.0 Å². The summed E-state index contributed by atoms with van der Waals surface area (Å²) in [6.45, 7) is 2.10. The Labute approximate surface area is 132 Å². The number of carbonyl (C=O) groups is 2. The summed E-state index contributed by atoms with van der Waals surface area (Å²) in [6, 6.07) is 5.31. The molecule has 2 aromatic rings. The summed E-state index contributed by atoms with van der Waals surface area (Å²) in [5, 5.41) is 11.2. The number of H-pyrrole nitrogens is 1. The molecule has 2 rings (SSSR count). The van der Waals surface area contributed by atoms with Crippen LogP contribution in [0.2, 0.25) is 0 Å². The maximum atomic E-state index is 11.4. The van der Waals surface area contributed by atoms with E-state index in [0.29, 0.717) is 12.0 Å². The number of benzene rings is 1. The Morgan fingerprint density at radius 1 is 1.35 bits per heavy atom. The Kier molecular flexibility index (Phi) is 5.19. The highest BCUT2D eigenvalue weighted by Gasteiger charge is 2.10. The first-order valence-electron chi connectivity index (χ1n) is 7.06. The van der Waals surface area contributed by atoms with Crippen molar-refractivity contribution in [3.63, 3.8) is 0 Å². The van der Waals surface area contributed by atoms with Gasteiger partial charge in [-0.2, -0.15) is 0 Å². The number of rotatable bonds is 5. The number of nitrogens with two attached hydrogens (primary N) is 1. The summed E-state index contributed by atoms with van der Waals surface area (Å²) in [5.41, 5.74) is 7.28. The van der Waals surface area contributed by atoms with E-state index in [1.165, 1.54) is 0 Å². The van der Waals surface area contributed by atoms with Crippen LogP contribution in [0.3, 0.4) is 0 Å². The van der Waals surface area contributed by atoms with Gasteiger partial charge in [-0.15, -0.1) is 0 Å². The molecule has 0 atom stereocenters. The number of amides is 2. The summed E-state index contributed by atoms with van der Waals surface area (Å²) in [7, 11) is 0. The van der Waals surface area contributed by atoms with Crippen molar-refractivity contribution in [1.29, 1.82) is 5.41 Å². The number of amidine groups is 1. The van der Waals surface area contributed by atoms with E-state index in [1.807, 2.05) is 6.07 Å². The maximum absolute atomic E-state index is 11.4. The van der Waals surface area contributed by atoms with Gasteiger partial charge < -0.3 is 20.2 Å². The highest BCUT2D eigenvalue weighted by atomic mass is 16.5. The number of hydrogen-bond donors (Lipinski definition) is 4. The van der Waals surface area contributed by atoms with E-state index in [1.54, 1.807) is 25.3 Å².